The summed E-state index contributed by atoms with van der Waals surface area (Å²) < 4.78 is 18.2. The van der Waals surface area contributed by atoms with E-state index in [1.165, 1.54) is 12.1 Å². The van der Waals surface area contributed by atoms with Crippen molar-refractivity contribution in [2.75, 3.05) is 6.61 Å². The molecule has 3 nitrogen and oxygen atoms in total. The summed E-state index contributed by atoms with van der Waals surface area (Å²) in [4.78, 5) is 11.2. The smallest absolute Gasteiger partial charge is 0.342 e. The van der Waals surface area contributed by atoms with Crippen LogP contribution >= 0.6 is 23.2 Å². The number of ether oxygens (including phenoxy) is 1. The van der Waals surface area contributed by atoms with Crippen molar-refractivity contribution in [1.82, 2.24) is 0 Å². The predicted octanol–water partition coefficient (Wildman–Crippen LogP) is 2.89. The normalized spacial score (nSPS) is 14.2. The van der Waals surface area contributed by atoms with Crippen LogP contribution in [0, 0.1) is 0 Å². The van der Waals surface area contributed by atoms with Crippen LogP contribution in [0.5, 0.6) is 0 Å². The number of benzene rings is 1. The summed E-state index contributed by atoms with van der Waals surface area (Å²) in [5.41, 5.74) is 5.90. The fourth-order valence-corrected chi connectivity index (χ4v) is 1.72. The van der Waals surface area contributed by atoms with Gasteiger partial charge in [-0.15, -0.1) is 0 Å². The van der Waals surface area contributed by atoms with Gasteiger partial charge in [0.1, 0.15) is 0 Å². The lowest BCUT2D eigenvalue weighted by atomic mass is 10.0. The first-order valence-corrected chi connectivity index (χ1v) is 5.74. The Balaban J connectivity index is 2.91. The average molecular weight is 280 g/mol. The first kappa shape index (κ1) is 14.2. The minimum absolute atomic E-state index is 0.0925. The molecule has 6 heteroatoms. The third-order valence-corrected chi connectivity index (χ3v) is 2.72. The maximum atomic E-state index is 13.7. The number of nitrogens with two attached hydrogens (primary N) is 1. The molecule has 0 radical (unpaired) electrons. The third-order valence-electron chi connectivity index (χ3n) is 2.14. The van der Waals surface area contributed by atoms with Crippen molar-refractivity contribution in [1.29, 1.82) is 0 Å². The van der Waals surface area contributed by atoms with E-state index in [9.17, 15) is 9.18 Å². The molecule has 0 aliphatic carbocycles. The van der Waals surface area contributed by atoms with Gasteiger partial charge in [0.05, 0.1) is 12.6 Å². The highest BCUT2D eigenvalue weighted by Crippen LogP contribution is 2.28. The first-order chi connectivity index (χ1) is 7.97. The highest BCUT2D eigenvalue weighted by molar-refractivity contribution is 6.33. The van der Waals surface area contributed by atoms with Crippen molar-refractivity contribution in [2.45, 2.75) is 19.1 Å². The van der Waals surface area contributed by atoms with Crippen molar-refractivity contribution >= 4 is 29.2 Å². The van der Waals surface area contributed by atoms with Gasteiger partial charge >= 0.3 is 5.97 Å². The standard InChI is InChI=1S/C11H12Cl2FNO2/c1-2-17-11(16)9(14)10(15)7-5-6(12)3-4-8(7)13/h3-5,9-10H,2,15H2,1H3/t9?,10-/m0/s1. The Morgan fingerprint density at radius 1 is 1.53 bits per heavy atom. The van der Waals surface area contributed by atoms with Gasteiger partial charge in [-0.05, 0) is 30.7 Å². The molecular formula is C11H12Cl2FNO2. The molecule has 2 atom stereocenters. The minimum Gasteiger partial charge on any atom is -0.464 e. The van der Waals surface area contributed by atoms with Crippen molar-refractivity contribution in [3.8, 4) is 0 Å². The topological polar surface area (TPSA) is 52.3 Å². The quantitative estimate of drug-likeness (QED) is 0.863. The summed E-state index contributed by atoms with van der Waals surface area (Å²) in [7, 11) is 0. The zero-order valence-corrected chi connectivity index (χ0v) is 10.6. The third kappa shape index (κ3) is 3.56. The van der Waals surface area contributed by atoms with Gasteiger partial charge in [-0.25, -0.2) is 9.18 Å². The molecule has 1 unspecified atom stereocenters. The van der Waals surface area contributed by atoms with E-state index in [4.69, 9.17) is 28.9 Å². The van der Waals surface area contributed by atoms with E-state index < -0.39 is 18.2 Å². The van der Waals surface area contributed by atoms with Crippen LogP contribution in [0.4, 0.5) is 4.39 Å². The van der Waals surface area contributed by atoms with E-state index in [0.29, 0.717) is 5.02 Å². The van der Waals surface area contributed by atoms with Gasteiger partial charge in [-0.3, -0.25) is 0 Å². The lowest BCUT2D eigenvalue weighted by Gasteiger charge is -2.17. The van der Waals surface area contributed by atoms with Crippen LogP contribution in [-0.4, -0.2) is 18.7 Å². The van der Waals surface area contributed by atoms with E-state index in [1.807, 2.05) is 0 Å². The summed E-state index contributed by atoms with van der Waals surface area (Å²) >= 11 is 11.6. The van der Waals surface area contributed by atoms with Crippen LogP contribution in [0.3, 0.4) is 0 Å². The van der Waals surface area contributed by atoms with Gasteiger partial charge in [0.15, 0.2) is 0 Å². The molecule has 94 valence electrons. The van der Waals surface area contributed by atoms with Crippen LogP contribution in [0.1, 0.15) is 18.5 Å². The van der Waals surface area contributed by atoms with Gasteiger partial charge in [0.2, 0.25) is 6.17 Å². The van der Waals surface area contributed by atoms with E-state index >= 15 is 0 Å². The minimum atomic E-state index is -1.97. The Labute approximate surface area is 109 Å². The number of carbonyl (C=O) groups excluding carboxylic acids is 1. The number of hydrogen-bond acceptors (Lipinski definition) is 3. The van der Waals surface area contributed by atoms with E-state index in [1.54, 1.807) is 13.0 Å². The first-order valence-electron chi connectivity index (χ1n) is 4.98. The number of rotatable bonds is 4. The molecule has 1 rings (SSSR count). The van der Waals surface area contributed by atoms with Gasteiger partial charge in [0.25, 0.3) is 0 Å². The second-order valence-corrected chi connectivity index (χ2v) is 4.19. The lowest BCUT2D eigenvalue weighted by molar-refractivity contribution is -0.149. The molecule has 0 amide bonds. The fourth-order valence-electron chi connectivity index (χ4n) is 1.30. The predicted molar refractivity (Wildman–Crippen MR) is 64.9 cm³/mol. The lowest BCUT2D eigenvalue weighted by Crippen LogP contribution is -2.31. The van der Waals surface area contributed by atoms with Gasteiger partial charge < -0.3 is 10.5 Å². The molecule has 1 aromatic rings. The van der Waals surface area contributed by atoms with Crippen molar-refractivity contribution in [3.05, 3.63) is 33.8 Å². The zero-order chi connectivity index (χ0) is 13.0. The number of hydrogen-bond donors (Lipinski definition) is 1. The molecule has 1 aromatic carbocycles. The van der Waals surface area contributed by atoms with Crippen molar-refractivity contribution in [3.63, 3.8) is 0 Å². The van der Waals surface area contributed by atoms with Crippen molar-refractivity contribution in [2.24, 2.45) is 5.73 Å². The molecule has 0 saturated heterocycles. The molecular weight excluding hydrogens is 268 g/mol. The maximum absolute atomic E-state index is 13.7. The summed E-state index contributed by atoms with van der Waals surface area (Å²) in [5.74, 6) is -1.00. The summed E-state index contributed by atoms with van der Waals surface area (Å²) in [6.45, 7) is 1.68. The summed E-state index contributed by atoms with van der Waals surface area (Å²) in [6.07, 6.45) is -1.97. The number of carbonyl (C=O) groups is 1. The van der Waals surface area contributed by atoms with Crippen LogP contribution in [0.25, 0.3) is 0 Å². The molecule has 0 aromatic heterocycles. The fraction of sp³-hybridized carbons (Fsp3) is 0.364. The maximum Gasteiger partial charge on any atom is 0.342 e. The highest BCUT2D eigenvalue weighted by Gasteiger charge is 2.29. The van der Waals surface area contributed by atoms with E-state index in [2.05, 4.69) is 4.74 Å². The molecule has 0 heterocycles. The molecule has 0 bridgehead atoms. The summed E-state index contributed by atoms with van der Waals surface area (Å²) in [6, 6.07) is 3.29. The molecule has 0 aliphatic heterocycles. The molecule has 0 saturated carbocycles. The second kappa shape index (κ2) is 6.19. The SMILES string of the molecule is CCOC(=O)C(F)[C@@H](N)c1cc(Cl)ccc1Cl. The van der Waals surface area contributed by atoms with Crippen molar-refractivity contribution < 1.29 is 13.9 Å². The molecule has 0 fully saturated rings. The van der Waals surface area contributed by atoms with Gasteiger partial charge in [-0.2, -0.15) is 0 Å². The van der Waals surface area contributed by atoms with Gasteiger partial charge in [0, 0.05) is 10.0 Å². The Morgan fingerprint density at radius 2 is 2.18 bits per heavy atom. The molecule has 0 aliphatic rings. The largest absolute Gasteiger partial charge is 0.464 e. The zero-order valence-electron chi connectivity index (χ0n) is 9.12. The number of halogens is 3. The van der Waals surface area contributed by atoms with Crippen LogP contribution in [0.15, 0.2) is 18.2 Å². The second-order valence-electron chi connectivity index (χ2n) is 3.35. The van der Waals surface area contributed by atoms with Crippen LogP contribution < -0.4 is 5.73 Å². The number of alkyl halides is 1. The summed E-state index contributed by atoms with van der Waals surface area (Å²) in [5, 5.41) is 0.629. The highest BCUT2D eigenvalue weighted by atomic mass is 35.5. The molecule has 17 heavy (non-hydrogen) atoms. The Bertz CT molecular complexity index is 414. The molecule has 0 spiro atoms. The van der Waals surface area contributed by atoms with Gasteiger partial charge in [-0.1, -0.05) is 23.2 Å². The van der Waals surface area contributed by atoms with Crippen LogP contribution in [-0.2, 0) is 9.53 Å². The monoisotopic (exact) mass is 279 g/mol. The van der Waals surface area contributed by atoms with E-state index in [-0.39, 0.29) is 17.2 Å². The Hall–Kier alpha value is -0.840. The number of esters is 1. The van der Waals surface area contributed by atoms with Crippen LogP contribution in [0.2, 0.25) is 10.0 Å². The Kier molecular flexibility index (Phi) is 5.18. The molecule has 2 N–H and O–H groups in total. The van der Waals surface area contributed by atoms with E-state index in [0.717, 1.165) is 0 Å². The average Bonchev–Trinajstić information content (AvgIpc) is 2.30. The Morgan fingerprint density at radius 3 is 2.76 bits per heavy atom.